The first kappa shape index (κ1) is 17.3. The number of carbonyl (C=O) groups excluding carboxylic acids is 1. The standard InChI is InChI=1S/C20H31N3O/c1-3-22(2)14-17-9-11-23(15-17)20(24)21-10-8-16-12-18-6-4-5-7-19(18)13-16/h4-7,16-17H,3,8-15H2,1-2H3,(H,21,24)/t17-/m1/s1. The van der Waals surface area contributed by atoms with Gasteiger partial charge >= 0.3 is 6.03 Å². The average molecular weight is 329 g/mol. The van der Waals surface area contributed by atoms with Crippen molar-refractivity contribution in [2.24, 2.45) is 11.8 Å². The summed E-state index contributed by atoms with van der Waals surface area (Å²) < 4.78 is 0. The summed E-state index contributed by atoms with van der Waals surface area (Å²) in [4.78, 5) is 16.7. The molecule has 2 amide bonds. The quantitative estimate of drug-likeness (QED) is 0.871. The predicted octanol–water partition coefficient (Wildman–Crippen LogP) is 2.77. The minimum absolute atomic E-state index is 0.132. The predicted molar refractivity (Wildman–Crippen MR) is 98.2 cm³/mol. The Hall–Kier alpha value is -1.55. The molecule has 2 aliphatic rings. The monoisotopic (exact) mass is 329 g/mol. The number of benzene rings is 1. The molecule has 1 aromatic rings. The van der Waals surface area contributed by atoms with Crippen LogP contribution in [0.2, 0.25) is 0 Å². The highest BCUT2D eigenvalue weighted by molar-refractivity contribution is 5.74. The first-order valence-electron chi connectivity index (χ1n) is 9.43. The lowest BCUT2D eigenvalue weighted by molar-refractivity contribution is 0.204. The summed E-state index contributed by atoms with van der Waals surface area (Å²) in [5, 5.41) is 3.14. The Morgan fingerprint density at radius 2 is 1.96 bits per heavy atom. The first-order chi connectivity index (χ1) is 11.7. The van der Waals surface area contributed by atoms with Crippen molar-refractivity contribution < 1.29 is 4.79 Å². The Morgan fingerprint density at radius 1 is 1.25 bits per heavy atom. The van der Waals surface area contributed by atoms with E-state index in [-0.39, 0.29) is 6.03 Å². The zero-order valence-corrected chi connectivity index (χ0v) is 15.1. The lowest BCUT2D eigenvalue weighted by Gasteiger charge is -2.21. The van der Waals surface area contributed by atoms with Gasteiger partial charge in [-0.25, -0.2) is 4.79 Å². The molecule has 0 saturated carbocycles. The summed E-state index contributed by atoms with van der Waals surface area (Å²) >= 11 is 0. The van der Waals surface area contributed by atoms with Crippen molar-refractivity contribution in [3.8, 4) is 0 Å². The number of likely N-dealkylation sites (tertiary alicyclic amines) is 1. The van der Waals surface area contributed by atoms with Gasteiger partial charge in [0, 0.05) is 26.2 Å². The largest absolute Gasteiger partial charge is 0.338 e. The van der Waals surface area contributed by atoms with Crippen LogP contribution in [0.15, 0.2) is 24.3 Å². The van der Waals surface area contributed by atoms with Gasteiger partial charge in [-0.15, -0.1) is 0 Å². The second-order valence-corrected chi connectivity index (χ2v) is 7.52. The zero-order chi connectivity index (χ0) is 16.9. The molecule has 1 aromatic carbocycles. The summed E-state index contributed by atoms with van der Waals surface area (Å²) in [7, 11) is 2.16. The summed E-state index contributed by atoms with van der Waals surface area (Å²) in [5.74, 6) is 1.32. The fourth-order valence-corrected chi connectivity index (χ4v) is 4.09. The average Bonchev–Trinajstić information content (AvgIpc) is 3.20. The fourth-order valence-electron chi connectivity index (χ4n) is 4.09. The topological polar surface area (TPSA) is 35.6 Å². The number of rotatable bonds is 6. The number of hydrogen-bond acceptors (Lipinski definition) is 2. The molecule has 1 heterocycles. The molecule has 1 atom stereocenters. The highest BCUT2D eigenvalue weighted by atomic mass is 16.2. The molecule has 1 saturated heterocycles. The van der Waals surface area contributed by atoms with Crippen LogP contribution < -0.4 is 5.32 Å². The molecule has 3 rings (SSSR count). The summed E-state index contributed by atoms with van der Waals surface area (Å²) in [5.41, 5.74) is 2.99. The SMILES string of the molecule is CCN(C)C[C@H]1CCN(C(=O)NCCC2Cc3ccccc3C2)C1. The normalized spacial score (nSPS) is 20.6. The third-order valence-corrected chi connectivity index (χ3v) is 5.65. The van der Waals surface area contributed by atoms with Gasteiger partial charge in [-0.3, -0.25) is 0 Å². The van der Waals surface area contributed by atoms with Gasteiger partial charge in [-0.1, -0.05) is 31.2 Å². The van der Waals surface area contributed by atoms with Crippen molar-refractivity contribution in [2.75, 3.05) is 39.8 Å². The molecule has 0 unspecified atom stereocenters. The van der Waals surface area contributed by atoms with Crippen LogP contribution in [-0.4, -0.2) is 55.6 Å². The molecule has 4 nitrogen and oxygen atoms in total. The summed E-state index contributed by atoms with van der Waals surface area (Å²) in [6, 6.07) is 8.87. The van der Waals surface area contributed by atoms with Crippen molar-refractivity contribution in [1.82, 2.24) is 15.1 Å². The van der Waals surface area contributed by atoms with E-state index in [2.05, 4.69) is 48.5 Å². The summed E-state index contributed by atoms with van der Waals surface area (Å²) in [6.45, 7) is 6.97. The van der Waals surface area contributed by atoms with Gasteiger partial charge < -0.3 is 15.1 Å². The maximum Gasteiger partial charge on any atom is 0.317 e. The maximum absolute atomic E-state index is 12.3. The van der Waals surface area contributed by atoms with Crippen LogP contribution in [0.4, 0.5) is 4.79 Å². The molecule has 1 aliphatic heterocycles. The van der Waals surface area contributed by atoms with Gasteiger partial charge in [-0.2, -0.15) is 0 Å². The number of hydrogen-bond donors (Lipinski definition) is 1. The Balaban J connectivity index is 1.35. The molecule has 132 valence electrons. The highest BCUT2D eigenvalue weighted by Gasteiger charge is 2.27. The van der Waals surface area contributed by atoms with E-state index in [9.17, 15) is 4.79 Å². The smallest absolute Gasteiger partial charge is 0.317 e. The number of fused-ring (bicyclic) bond motifs is 1. The Bertz CT molecular complexity index is 535. The minimum atomic E-state index is 0.132. The zero-order valence-electron chi connectivity index (χ0n) is 15.1. The van der Waals surface area contributed by atoms with Crippen LogP contribution in [0.25, 0.3) is 0 Å². The number of nitrogens with one attached hydrogen (secondary N) is 1. The Labute approximate surface area is 146 Å². The third kappa shape index (κ3) is 4.29. The molecule has 1 N–H and O–H groups in total. The van der Waals surface area contributed by atoms with Gasteiger partial charge in [0.15, 0.2) is 0 Å². The van der Waals surface area contributed by atoms with E-state index in [1.165, 1.54) is 24.0 Å². The minimum Gasteiger partial charge on any atom is -0.338 e. The van der Waals surface area contributed by atoms with Crippen molar-refractivity contribution in [3.05, 3.63) is 35.4 Å². The maximum atomic E-state index is 12.3. The van der Waals surface area contributed by atoms with Gasteiger partial charge in [0.25, 0.3) is 0 Å². The lowest BCUT2D eigenvalue weighted by atomic mass is 10.0. The molecule has 0 aromatic heterocycles. The van der Waals surface area contributed by atoms with E-state index in [0.717, 1.165) is 45.6 Å². The Morgan fingerprint density at radius 3 is 2.62 bits per heavy atom. The summed E-state index contributed by atoms with van der Waals surface area (Å²) in [6.07, 6.45) is 4.55. The van der Waals surface area contributed by atoms with E-state index in [1.54, 1.807) is 0 Å². The second kappa shape index (κ2) is 8.02. The molecule has 4 heteroatoms. The van der Waals surface area contributed by atoms with Crippen LogP contribution in [0.3, 0.4) is 0 Å². The molecule has 0 bridgehead atoms. The van der Waals surface area contributed by atoms with E-state index in [1.807, 2.05) is 4.90 Å². The van der Waals surface area contributed by atoms with Crippen molar-refractivity contribution in [3.63, 3.8) is 0 Å². The van der Waals surface area contributed by atoms with Crippen LogP contribution in [0.1, 0.15) is 30.9 Å². The molecule has 1 fully saturated rings. The molecular weight excluding hydrogens is 298 g/mol. The molecule has 0 radical (unpaired) electrons. The second-order valence-electron chi connectivity index (χ2n) is 7.52. The number of nitrogens with zero attached hydrogens (tertiary/aromatic N) is 2. The van der Waals surface area contributed by atoms with Crippen LogP contribution >= 0.6 is 0 Å². The van der Waals surface area contributed by atoms with Crippen LogP contribution in [0, 0.1) is 11.8 Å². The van der Waals surface area contributed by atoms with Crippen LogP contribution in [-0.2, 0) is 12.8 Å². The number of amides is 2. The third-order valence-electron chi connectivity index (χ3n) is 5.65. The van der Waals surface area contributed by atoms with E-state index in [0.29, 0.717) is 11.8 Å². The van der Waals surface area contributed by atoms with Crippen molar-refractivity contribution in [1.29, 1.82) is 0 Å². The number of urea groups is 1. The highest BCUT2D eigenvalue weighted by Crippen LogP contribution is 2.28. The molecular formula is C20H31N3O. The van der Waals surface area contributed by atoms with Crippen LogP contribution in [0.5, 0.6) is 0 Å². The van der Waals surface area contributed by atoms with Gasteiger partial charge in [0.2, 0.25) is 0 Å². The lowest BCUT2D eigenvalue weighted by Crippen LogP contribution is -2.40. The van der Waals surface area contributed by atoms with Gasteiger partial charge in [-0.05, 0) is 62.2 Å². The molecule has 24 heavy (non-hydrogen) atoms. The Kier molecular flexibility index (Phi) is 5.77. The van der Waals surface area contributed by atoms with Crippen molar-refractivity contribution in [2.45, 2.75) is 32.6 Å². The van der Waals surface area contributed by atoms with E-state index >= 15 is 0 Å². The fraction of sp³-hybridized carbons (Fsp3) is 0.650. The van der Waals surface area contributed by atoms with Gasteiger partial charge in [0.1, 0.15) is 0 Å². The first-order valence-corrected chi connectivity index (χ1v) is 9.43. The molecule has 1 aliphatic carbocycles. The van der Waals surface area contributed by atoms with Gasteiger partial charge in [0.05, 0.1) is 0 Å². The van der Waals surface area contributed by atoms with E-state index in [4.69, 9.17) is 0 Å². The molecule has 0 spiro atoms. The van der Waals surface area contributed by atoms with E-state index < -0.39 is 0 Å². The van der Waals surface area contributed by atoms with Crippen molar-refractivity contribution >= 4 is 6.03 Å². The number of carbonyl (C=O) groups is 1.